The molecule has 0 N–H and O–H groups in total. The van der Waals surface area contributed by atoms with Gasteiger partial charge in [-0.1, -0.05) is 380 Å². The average molecular weight is 1610 g/mol. The van der Waals surface area contributed by atoms with Gasteiger partial charge in [0.2, 0.25) is 0 Å². The third-order valence-corrected chi connectivity index (χ3v) is 27.7. The molecule has 124 heavy (non-hydrogen) atoms. The van der Waals surface area contributed by atoms with Gasteiger partial charge in [-0.15, -0.1) is 11.3 Å². The molecule has 17 aromatic carbocycles. The molecule has 5 heterocycles. The minimum atomic E-state index is -0.353. The van der Waals surface area contributed by atoms with Crippen molar-refractivity contribution in [1.29, 1.82) is 0 Å². The van der Waals surface area contributed by atoms with Crippen molar-refractivity contribution in [3.8, 4) is 89.3 Å². The summed E-state index contributed by atoms with van der Waals surface area (Å²) in [5, 5.41) is 7.33. The van der Waals surface area contributed by atoms with Gasteiger partial charge in [-0.2, -0.15) is 0 Å². The molecule has 0 amide bonds. The molecule has 0 aliphatic carbocycles. The standard InChI is InChI=1S/C118H97BN4S/c1-115(2,3)82-57-48-76(49-58-82)89-39-27-40-90(77-50-59-83(60-51-77)116(4,5)6)112(89)122-104-67-56-80(88-38-29-47-109-110(88)96-37-22-26-46-108(96)124-109)70-100(104)119-99-66-65-86(121-103-45-25-21-36-95(103)98-69-81(74-30-15-13-16-31-74)68-97(114(98)121)75-32-17-14-18-33-75)71-105(99)123(107-73-87(72-106(122)111(107)119)120-101-43-23-19-34-93(101)94-35-20-24-44-102(94)120)113-91(78-52-61-84(62-53-78)117(7,8)9)41-28-42-92(113)79-54-63-85(64-55-79)118(10,11)12/h13-73H,1-12H3. The summed E-state index contributed by atoms with van der Waals surface area (Å²) >= 11 is 1.88. The fraction of sp³-hybridized carbons (Fsp3) is 0.136. The maximum Gasteiger partial charge on any atom is 0.252 e. The van der Waals surface area contributed by atoms with E-state index in [0.717, 1.165) is 123 Å². The van der Waals surface area contributed by atoms with Gasteiger partial charge in [0.15, 0.2) is 0 Å². The molecule has 6 heteroatoms. The largest absolute Gasteiger partial charge is 0.310 e. The highest BCUT2D eigenvalue weighted by Gasteiger charge is 2.47. The third kappa shape index (κ3) is 12.6. The van der Waals surface area contributed by atoms with Crippen LogP contribution in [0.4, 0.5) is 34.1 Å². The molecule has 22 rings (SSSR count). The van der Waals surface area contributed by atoms with E-state index in [2.05, 4.69) is 472 Å². The van der Waals surface area contributed by atoms with E-state index in [9.17, 15) is 0 Å². The molecule has 0 saturated carbocycles. The molecule has 598 valence electrons. The molecule has 0 spiro atoms. The maximum absolute atomic E-state index is 2.76. The molecule has 2 aliphatic heterocycles. The number of hydrogen-bond acceptors (Lipinski definition) is 3. The zero-order chi connectivity index (χ0) is 84.4. The number of anilines is 6. The summed E-state index contributed by atoms with van der Waals surface area (Å²) in [6.45, 7) is 27.5. The first kappa shape index (κ1) is 76.4. The molecule has 0 fully saturated rings. The highest BCUT2D eigenvalue weighted by atomic mass is 32.1. The minimum absolute atomic E-state index is 0.0726. The monoisotopic (exact) mass is 1610 g/mol. The second-order valence-corrected chi connectivity index (χ2v) is 39.5. The first-order chi connectivity index (χ1) is 60.1. The number of para-hydroxylation sites is 5. The van der Waals surface area contributed by atoms with Crippen molar-refractivity contribution in [3.63, 3.8) is 0 Å². The van der Waals surface area contributed by atoms with Crippen molar-refractivity contribution in [2.24, 2.45) is 0 Å². The zero-order valence-corrected chi connectivity index (χ0v) is 73.3. The Hall–Kier alpha value is -13.8. The van der Waals surface area contributed by atoms with E-state index < -0.39 is 0 Å². The lowest BCUT2D eigenvalue weighted by Gasteiger charge is -2.46. The minimum Gasteiger partial charge on any atom is -0.310 e. The van der Waals surface area contributed by atoms with Crippen molar-refractivity contribution in [3.05, 3.63) is 392 Å². The lowest BCUT2D eigenvalue weighted by molar-refractivity contribution is 0.590. The number of thiophene rings is 1. The van der Waals surface area contributed by atoms with E-state index in [1.807, 2.05) is 11.3 Å². The van der Waals surface area contributed by atoms with Crippen LogP contribution in [0.5, 0.6) is 0 Å². The van der Waals surface area contributed by atoms with E-state index >= 15 is 0 Å². The first-order valence-electron chi connectivity index (χ1n) is 43.9. The van der Waals surface area contributed by atoms with Crippen molar-refractivity contribution in [2.75, 3.05) is 9.80 Å². The first-order valence-corrected chi connectivity index (χ1v) is 44.7. The molecular weight excluding hydrogens is 1520 g/mol. The van der Waals surface area contributed by atoms with Crippen molar-refractivity contribution in [2.45, 2.75) is 105 Å². The number of nitrogens with zero attached hydrogens (tertiary/aromatic N) is 4. The predicted octanol–water partition coefficient (Wildman–Crippen LogP) is 31.2. The molecule has 20 aromatic rings. The Morgan fingerprint density at radius 2 is 0.621 bits per heavy atom. The molecule has 0 unspecified atom stereocenters. The molecule has 0 saturated heterocycles. The lowest BCUT2D eigenvalue weighted by Crippen LogP contribution is -2.61. The highest BCUT2D eigenvalue weighted by molar-refractivity contribution is 7.26. The fourth-order valence-corrected chi connectivity index (χ4v) is 21.3. The van der Waals surface area contributed by atoms with Gasteiger partial charge in [-0.05, 0) is 183 Å². The highest BCUT2D eigenvalue weighted by Crippen LogP contribution is 2.56. The Labute approximate surface area is 732 Å². The van der Waals surface area contributed by atoms with Crippen LogP contribution >= 0.6 is 11.3 Å². The van der Waals surface area contributed by atoms with Crippen LogP contribution in [0.3, 0.4) is 0 Å². The maximum atomic E-state index is 2.76. The smallest absolute Gasteiger partial charge is 0.252 e. The molecule has 2 aliphatic rings. The average Bonchev–Trinajstić information content (AvgIpc) is 0.749. The normalized spacial score (nSPS) is 13.0. The summed E-state index contributed by atoms with van der Waals surface area (Å²) in [7, 11) is 0. The van der Waals surface area contributed by atoms with Crippen LogP contribution in [-0.2, 0) is 21.7 Å². The Morgan fingerprint density at radius 1 is 0.234 bits per heavy atom. The molecule has 3 aromatic heterocycles. The van der Waals surface area contributed by atoms with E-state index in [1.54, 1.807) is 0 Å². The van der Waals surface area contributed by atoms with Crippen molar-refractivity contribution >= 4 is 132 Å². The summed E-state index contributed by atoms with van der Waals surface area (Å²) in [5.41, 5.74) is 37.8. The molecule has 0 bridgehead atoms. The SMILES string of the molecule is CC(C)(C)c1ccc(-c2cccc(-c3ccc(C(C)(C)C)cc3)c2N2c3ccc(-c4cccc5sc6ccccc6c45)cc3B3c4ccc(-n5c6ccccc6c6cc(-c7ccccc7)cc(-c7ccccc7)c65)cc4N(c4c(-c5ccc(C(C)(C)C)cc5)cccc4-c4ccc(C(C)(C)C)cc4)c4cc(-n5c6ccccc6c6ccccc65)cc2c43)cc1. The molecular formula is C118H97BN4S. The van der Waals surface area contributed by atoms with Crippen molar-refractivity contribution < 1.29 is 0 Å². The topological polar surface area (TPSA) is 16.3 Å². The number of rotatable bonds is 11. The molecule has 0 radical (unpaired) electrons. The Bertz CT molecular complexity index is 7460. The van der Waals surface area contributed by atoms with Gasteiger partial charge in [-0.25, -0.2) is 0 Å². The second kappa shape index (κ2) is 28.9. The second-order valence-electron chi connectivity index (χ2n) is 38.4. The summed E-state index contributed by atoms with van der Waals surface area (Å²) in [4.78, 5) is 5.50. The van der Waals surface area contributed by atoms with Gasteiger partial charge in [0.05, 0.1) is 39.1 Å². The van der Waals surface area contributed by atoms with Crippen LogP contribution in [0.1, 0.15) is 105 Å². The molecule has 0 atom stereocenters. The van der Waals surface area contributed by atoms with E-state index in [0.29, 0.717) is 0 Å². The number of hydrogen-bond donors (Lipinski definition) is 0. The van der Waals surface area contributed by atoms with Crippen LogP contribution in [0.2, 0.25) is 0 Å². The van der Waals surface area contributed by atoms with Crippen LogP contribution in [0, 0.1) is 0 Å². The van der Waals surface area contributed by atoms with Gasteiger partial charge in [-0.3, -0.25) is 0 Å². The number of aromatic nitrogens is 2. The van der Waals surface area contributed by atoms with Gasteiger partial charge in [0, 0.05) is 98.0 Å². The Morgan fingerprint density at radius 3 is 1.11 bits per heavy atom. The summed E-state index contributed by atoms with van der Waals surface area (Å²) in [5.74, 6) is 0. The lowest BCUT2D eigenvalue weighted by atomic mass is 9.33. The number of benzene rings is 17. The van der Waals surface area contributed by atoms with Crippen LogP contribution in [0.15, 0.2) is 370 Å². The van der Waals surface area contributed by atoms with Gasteiger partial charge < -0.3 is 18.9 Å². The van der Waals surface area contributed by atoms with Gasteiger partial charge in [0.25, 0.3) is 6.71 Å². The third-order valence-electron chi connectivity index (χ3n) is 26.6. The zero-order valence-electron chi connectivity index (χ0n) is 72.5. The predicted molar refractivity (Wildman–Crippen MR) is 535 cm³/mol. The van der Waals surface area contributed by atoms with Gasteiger partial charge >= 0.3 is 0 Å². The van der Waals surface area contributed by atoms with E-state index in [-0.39, 0.29) is 28.4 Å². The van der Waals surface area contributed by atoms with Crippen molar-refractivity contribution in [1.82, 2.24) is 9.13 Å². The Kier molecular flexibility index (Phi) is 17.8. The van der Waals surface area contributed by atoms with Crippen LogP contribution in [-0.4, -0.2) is 15.8 Å². The van der Waals surface area contributed by atoms with Crippen LogP contribution in [0.25, 0.3) is 153 Å². The quantitative estimate of drug-likeness (QED) is 0.120. The van der Waals surface area contributed by atoms with E-state index in [4.69, 9.17) is 0 Å². The van der Waals surface area contributed by atoms with E-state index in [1.165, 1.54) is 103 Å². The summed E-state index contributed by atoms with van der Waals surface area (Å²) < 4.78 is 7.72. The van der Waals surface area contributed by atoms with Crippen LogP contribution < -0.4 is 26.2 Å². The Balaban J connectivity index is 0.933. The summed E-state index contributed by atoms with van der Waals surface area (Å²) in [6, 6.07) is 143. The summed E-state index contributed by atoms with van der Waals surface area (Å²) in [6.07, 6.45) is 0. The van der Waals surface area contributed by atoms with Gasteiger partial charge in [0.1, 0.15) is 0 Å². The molecule has 4 nitrogen and oxygen atoms in total. The number of fused-ring (bicyclic) bond motifs is 13. The fourth-order valence-electron chi connectivity index (χ4n) is 20.2.